The highest BCUT2D eigenvalue weighted by molar-refractivity contribution is 5.96. The van der Waals surface area contributed by atoms with Gasteiger partial charge in [-0.1, -0.05) is 6.07 Å². The molecular weight excluding hydrogens is 311 g/mol. The summed E-state index contributed by atoms with van der Waals surface area (Å²) in [7, 11) is 0. The fraction of sp³-hybridized carbons (Fsp3) is 0.222. The average Bonchev–Trinajstić information content (AvgIpc) is 2.99. The van der Waals surface area contributed by atoms with Gasteiger partial charge in [0.1, 0.15) is 5.52 Å². The van der Waals surface area contributed by atoms with Crippen molar-refractivity contribution >= 4 is 22.7 Å². The number of hydrogen-bond acceptors (Lipinski definition) is 4. The van der Waals surface area contributed by atoms with Crippen LogP contribution in [0.15, 0.2) is 46.9 Å². The Morgan fingerprint density at radius 2 is 1.96 bits per heavy atom. The quantitative estimate of drug-likeness (QED) is 0.798. The molecule has 1 aliphatic rings. The number of anilines is 1. The first kappa shape index (κ1) is 14.8. The molecule has 1 fully saturated rings. The number of carbonyl (C=O) groups is 1. The maximum atomic E-state index is 13.7. The number of oxazole rings is 1. The van der Waals surface area contributed by atoms with Gasteiger partial charge < -0.3 is 14.5 Å². The minimum Gasteiger partial charge on any atom is -0.433 e. The summed E-state index contributed by atoms with van der Waals surface area (Å²) in [6.07, 6.45) is 0. The van der Waals surface area contributed by atoms with Crippen LogP contribution in [0.2, 0.25) is 0 Å². The van der Waals surface area contributed by atoms with Gasteiger partial charge in [-0.25, -0.2) is 9.37 Å². The van der Waals surface area contributed by atoms with Crippen LogP contribution in [0.4, 0.5) is 10.1 Å². The molecule has 0 radical (unpaired) electrons. The normalized spacial score (nSPS) is 15.9. The molecule has 6 heteroatoms. The Morgan fingerprint density at radius 3 is 2.58 bits per heavy atom. The molecule has 1 saturated heterocycles. The third-order valence-corrected chi connectivity index (χ3v) is 4.15. The molecule has 1 N–H and O–H groups in total. The van der Waals surface area contributed by atoms with Gasteiger partial charge in [-0.15, -0.1) is 0 Å². The number of rotatable bonds is 3. The van der Waals surface area contributed by atoms with Crippen LogP contribution in [0, 0.1) is 11.2 Å². The molecule has 0 unspecified atom stereocenters. The van der Waals surface area contributed by atoms with E-state index in [0.717, 1.165) is 0 Å². The van der Waals surface area contributed by atoms with E-state index in [1.807, 2.05) is 6.92 Å². The minimum absolute atomic E-state index is 0.0644. The lowest BCUT2D eigenvalue weighted by Crippen LogP contribution is -2.49. The summed E-state index contributed by atoms with van der Waals surface area (Å²) >= 11 is 0. The van der Waals surface area contributed by atoms with E-state index in [1.54, 1.807) is 36.4 Å². The maximum absolute atomic E-state index is 13.7. The zero-order valence-electron chi connectivity index (χ0n) is 13.0. The van der Waals surface area contributed by atoms with Crippen LogP contribution in [0.1, 0.15) is 6.92 Å². The van der Waals surface area contributed by atoms with E-state index in [2.05, 4.69) is 10.3 Å². The van der Waals surface area contributed by atoms with Crippen LogP contribution in [0.25, 0.3) is 22.6 Å². The first-order chi connectivity index (χ1) is 11.5. The highest BCUT2D eigenvalue weighted by Crippen LogP contribution is 2.29. The lowest BCUT2D eigenvalue weighted by molar-refractivity contribution is -0.151. The second kappa shape index (κ2) is 5.42. The summed E-state index contributed by atoms with van der Waals surface area (Å²) in [5.41, 5.74) is 1.54. The molecule has 0 atom stereocenters. The van der Waals surface area contributed by atoms with Gasteiger partial charge in [0.25, 0.3) is 0 Å². The number of halogens is 1. The number of ether oxygens (including phenoxy) is 1. The Kier molecular flexibility index (Phi) is 3.35. The Bertz CT molecular complexity index is 914. The van der Waals surface area contributed by atoms with Gasteiger partial charge in [-0.2, -0.15) is 0 Å². The molecule has 0 aliphatic carbocycles. The van der Waals surface area contributed by atoms with Crippen molar-refractivity contribution in [3.05, 3.63) is 48.3 Å². The number of para-hydroxylation sites is 1. The van der Waals surface area contributed by atoms with Crippen molar-refractivity contribution in [1.29, 1.82) is 0 Å². The summed E-state index contributed by atoms with van der Waals surface area (Å²) in [4.78, 5) is 16.4. The van der Waals surface area contributed by atoms with E-state index < -0.39 is 11.2 Å². The second-order valence-corrected chi connectivity index (χ2v) is 6.19. The number of nitrogens with one attached hydrogen (secondary N) is 1. The van der Waals surface area contributed by atoms with Crippen molar-refractivity contribution in [2.45, 2.75) is 6.92 Å². The topological polar surface area (TPSA) is 64.4 Å². The molecule has 0 saturated carbocycles. The SMILES string of the molecule is CC1(C(=O)Nc2ccc(-c3nc4cccc(F)c4o3)cc2)COC1. The number of hydrogen-bond donors (Lipinski definition) is 1. The largest absolute Gasteiger partial charge is 0.433 e. The molecule has 24 heavy (non-hydrogen) atoms. The van der Waals surface area contributed by atoms with Crippen LogP contribution < -0.4 is 5.32 Å². The fourth-order valence-electron chi connectivity index (χ4n) is 2.56. The number of aromatic nitrogens is 1. The second-order valence-electron chi connectivity index (χ2n) is 6.19. The average molecular weight is 326 g/mol. The molecule has 1 amide bonds. The van der Waals surface area contributed by atoms with Crippen molar-refractivity contribution in [3.63, 3.8) is 0 Å². The van der Waals surface area contributed by atoms with Crippen LogP contribution >= 0.6 is 0 Å². The van der Waals surface area contributed by atoms with Crippen LogP contribution in [0.5, 0.6) is 0 Å². The monoisotopic (exact) mass is 326 g/mol. The third kappa shape index (κ3) is 2.45. The lowest BCUT2D eigenvalue weighted by atomic mass is 9.87. The highest BCUT2D eigenvalue weighted by Gasteiger charge is 2.41. The molecule has 3 aromatic rings. The van der Waals surface area contributed by atoms with Crippen LogP contribution in [0.3, 0.4) is 0 Å². The lowest BCUT2D eigenvalue weighted by Gasteiger charge is -2.36. The van der Waals surface area contributed by atoms with E-state index in [-0.39, 0.29) is 11.5 Å². The third-order valence-electron chi connectivity index (χ3n) is 4.15. The molecule has 122 valence electrons. The molecule has 1 aromatic heterocycles. The van der Waals surface area contributed by atoms with Crippen LogP contribution in [-0.4, -0.2) is 24.1 Å². The van der Waals surface area contributed by atoms with Gasteiger partial charge >= 0.3 is 0 Å². The molecular formula is C18H15FN2O3. The Labute approximate surface area is 137 Å². The van der Waals surface area contributed by atoms with Crippen molar-refractivity contribution in [3.8, 4) is 11.5 Å². The van der Waals surface area contributed by atoms with E-state index >= 15 is 0 Å². The fourth-order valence-corrected chi connectivity index (χ4v) is 2.56. The van der Waals surface area contributed by atoms with Crippen molar-refractivity contribution in [1.82, 2.24) is 4.98 Å². The summed E-state index contributed by atoms with van der Waals surface area (Å²) < 4.78 is 24.3. The molecule has 4 rings (SSSR count). The standard InChI is InChI=1S/C18H15FN2O3/c1-18(9-23-10-18)17(22)20-12-7-5-11(6-8-12)16-21-14-4-2-3-13(19)15(14)24-16/h2-8H,9-10H2,1H3,(H,20,22). The Hall–Kier alpha value is -2.73. The minimum atomic E-state index is -0.462. The van der Waals surface area contributed by atoms with Crippen LogP contribution in [-0.2, 0) is 9.53 Å². The number of benzene rings is 2. The van der Waals surface area contributed by atoms with Gasteiger partial charge in [0.05, 0.1) is 18.6 Å². The van der Waals surface area contributed by atoms with Crippen molar-refractivity contribution in [2.75, 3.05) is 18.5 Å². The summed E-state index contributed by atoms with van der Waals surface area (Å²) in [6, 6.07) is 11.7. The highest BCUT2D eigenvalue weighted by atomic mass is 19.1. The summed E-state index contributed by atoms with van der Waals surface area (Å²) in [6.45, 7) is 2.74. The van der Waals surface area contributed by atoms with Gasteiger partial charge in [-0.05, 0) is 43.3 Å². The predicted molar refractivity (Wildman–Crippen MR) is 87.0 cm³/mol. The van der Waals surface area contributed by atoms with Gasteiger partial charge in [-0.3, -0.25) is 4.79 Å². The van der Waals surface area contributed by atoms with Gasteiger partial charge in [0.15, 0.2) is 11.4 Å². The van der Waals surface area contributed by atoms with E-state index in [1.165, 1.54) is 6.07 Å². The maximum Gasteiger partial charge on any atom is 0.234 e. The zero-order chi connectivity index (χ0) is 16.7. The molecule has 2 heterocycles. The molecule has 0 spiro atoms. The summed E-state index contributed by atoms with van der Waals surface area (Å²) in [5, 5.41) is 2.87. The summed E-state index contributed by atoms with van der Waals surface area (Å²) in [5.74, 6) is -0.163. The molecule has 0 bridgehead atoms. The van der Waals surface area contributed by atoms with Crippen molar-refractivity contribution < 1.29 is 18.3 Å². The van der Waals surface area contributed by atoms with E-state index in [0.29, 0.717) is 35.9 Å². The van der Waals surface area contributed by atoms with Gasteiger partial charge in [0.2, 0.25) is 11.8 Å². The molecule has 2 aromatic carbocycles. The number of amides is 1. The Balaban J connectivity index is 1.56. The number of fused-ring (bicyclic) bond motifs is 1. The molecule has 1 aliphatic heterocycles. The first-order valence-electron chi connectivity index (χ1n) is 7.60. The number of nitrogens with zero attached hydrogens (tertiary/aromatic N) is 1. The number of carbonyl (C=O) groups excluding carboxylic acids is 1. The smallest absolute Gasteiger partial charge is 0.234 e. The van der Waals surface area contributed by atoms with Crippen molar-refractivity contribution in [2.24, 2.45) is 5.41 Å². The van der Waals surface area contributed by atoms with E-state index in [4.69, 9.17) is 9.15 Å². The first-order valence-corrected chi connectivity index (χ1v) is 7.60. The predicted octanol–water partition coefficient (Wildman–Crippen LogP) is 3.61. The Morgan fingerprint density at radius 1 is 1.21 bits per heavy atom. The van der Waals surface area contributed by atoms with Gasteiger partial charge in [0, 0.05) is 11.3 Å². The molecule has 5 nitrogen and oxygen atoms in total. The zero-order valence-corrected chi connectivity index (χ0v) is 13.0. The van der Waals surface area contributed by atoms with E-state index in [9.17, 15) is 9.18 Å².